The highest BCUT2D eigenvalue weighted by Gasteiger charge is 2.11. The van der Waals surface area contributed by atoms with Crippen LogP contribution < -0.4 is 4.74 Å². The fraction of sp³-hybridized carbons (Fsp3) is 0.167. The minimum atomic E-state index is -1.01. The van der Waals surface area contributed by atoms with E-state index in [1.807, 2.05) is 25.1 Å². The van der Waals surface area contributed by atoms with Crippen molar-refractivity contribution in [3.8, 4) is 5.75 Å². The molecule has 5 heteroatoms. The van der Waals surface area contributed by atoms with Gasteiger partial charge in [-0.3, -0.25) is 0 Å². The fourth-order valence-electron chi connectivity index (χ4n) is 2.64. The number of ether oxygens (including phenoxy) is 1. The van der Waals surface area contributed by atoms with E-state index in [9.17, 15) is 9.18 Å². The van der Waals surface area contributed by atoms with Gasteiger partial charge in [-0.25, -0.2) is 9.18 Å². The Morgan fingerprint density at radius 3 is 2.65 bits per heavy atom. The topological polar surface area (TPSA) is 51.5 Å². The van der Waals surface area contributed by atoms with Crippen LogP contribution >= 0.6 is 0 Å². The molecule has 0 amide bonds. The third kappa shape index (κ3) is 3.18. The smallest absolute Gasteiger partial charge is 0.341 e. The number of aliphatic carboxylic acids is 1. The molecule has 0 bridgehead atoms. The van der Waals surface area contributed by atoms with E-state index < -0.39 is 5.97 Å². The van der Waals surface area contributed by atoms with E-state index in [2.05, 4.69) is 4.57 Å². The quantitative estimate of drug-likeness (QED) is 0.783. The number of halogens is 1. The number of carboxylic acid groups (broad SMARTS) is 1. The van der Waals surface area contributed by atoms with Crippen molar-refractivity contribution in [2.45, 2.75) is 13.5 Å². The van der Waals surface area contributed by atoms with Crippen molar-refractivity contribution in [2.24, 2.45) is 0 Å². The third-order valence-corrected chi connectivity index (χ3v) is 3.72. The number of rotatable bonds is 5. The average molecular weight is 313 g/mol. The highest BCUT2D eigenvalue weighted by atomic mass is 19.1. The number of hydrogen-bond donors (Lipinski definition) is 1. The lowest BCUT2D eigenvalue weighted by Crippen LogP contribution is -2.09. The Morgan fingerprint density at radius 2 is 1.96 bits per heavy atom. The molecule has 0 saturated heterocycles. The van der Waals surface area contributed by atoms with Crippen molar-refractivity contribution in [1.82, 2.24) is 4.57 Å². The zero-order valence-corrected chi connectivity index (χ0v) is 12.6. The van der Waals surface area contributed by atoms with Crippen molar-refractivity contribution >= 4 is 16.9 Å². The standard InChI is InChI=1S/C18H16FNO3/c1-12-9-15-16(3-2-4-17(15)23-11-18(21)22)20(12)10-13-5-7-14(19)8-6-13/h2-9H,10-11H2,1H3,(H,21,22). The molecule has 0 aliphatic rings. The number of aryl methyl sites for hydroxylation is 1. The SMILES string of the molecule is Cc1cc2c(OCC(=O)O)cccc2n1Cc1ccc(F)cc1. The summed E-state index contributed by atoms with van der Waals surface area (Å²) in [6.45, 7) is 2.21. The van der Waals surface area contributed by atoms with E-state index in [1.54, 1.807) is 18.2 Å². The van der Waals surface area contributed by atoms with Crippen LogP contribution in [0, 0.1) is 12.7 Å². The molecule has 0 saturated carbocycles. The van der Waals surface area contributed by atoms with E-state index >= 15 is 0 Å². The Hall–Kier alpha value is -2.82. The molecule has 0 unspecified atom stereocenters. The number of carbonyl (C=O) groups is 1. The van der Waals surface area contributed by atoms with E-state index in [4.69, 9.17) is 9.84 Å². The van der Waals surface area contributed by atoms with Crippen molar-refractivity contribution < 1.29 is 19.0 Å². The number of carboxylic acids is 1. The van der Waals surface area contributed by atoms with Crippen LogP contribution in [0.25, 0.3) is 10.9 Å². The van der Waals surface area contributed by atoms with Gasteiger partial charge in [-0.1, -0.05) is 18.2 Å². The lowest BCUT2D eigenvalue weighted by atomic mass is 10.2. The van der Waals surface area contributed by atoms with Crippen LogP contribution in [0.1, 0.15) is 11.3 Å². The van der Waals surface area contributed by atoms with Crippen LogP contribution in [0.4, 0.5) is 4.39 Å². The lowest BCUT2D eigenvalue weighted by Gasteiger charge is -2.09. The Bertz CT molecular complexity index is 853. The first-order valence-corrected chi connectivity index (χ1v) is 7.22. The predicted molar refractivity (Wildman–Crippen MR) is 85.3 cm³/mol. The summed E-state index contributed by atoms with van der Waals surface area (Å²) in [5.74, 6) is -0.720. The van der Waals surface area contributed by atoms with Crippen LogP contribution in [0.3, 0.4) is 0 Å². The summed E-state index contributed by atoms with van der Waals surface area (Å²) in [6.07, 6.45) is 0. The normalized spacial score (nSPS) is 10.9. The van der Waals surface area contributed by atoms with Gasteiger partial charge in [-0.2, -0.15) is 0 Å². The van der Waals surface area contributed by atoms with Crippen LogP contribution in [0.5, 0.6) is 5.75 Å². The molecular formula is C18H16FNO3. The first kappa shape index (κ1) is 15.1. The van der Waals surface area contributed by atoms with Gasteiger partial charge in [-0.15, -0.1) is 0 Å². The number of benzene rings is 2. The molecule has 3 aromatic rings. The number of nitrogens with zero attached hydrogens (tertiary/aromatic N) is 1. The molecule has 1 N–H and O–H groups in total. The van der Waals surface area contributed by atoms with Gasteiger partial charge in [0, 0.05) is 17.6 Å². The second kappa shape index (κ2) is 6.12. The van der Waals surface area contributed by atoms with E-state index in [-0.39, 0.29) is 12.4 Å². The van der Waals surface area contributed by atoms with Crippen LogP contribution in [-0.2, 0) is 11.3 Å². The fourth-order valence-corrected chi connectivity index (χ4v) is 2.64. The zero-order valence-electron chi connectivity index (χ0n) is 12.6. The minimum absolute atomic E-state index is 0.257. The minimum Gasteiger partial charge on any atom is -0.481 e. The van der Waals surface area contributed by atoms with Gasteiger partial charge in [0.15, 0.2) is 6.61 Å². The monoisotopic (exact) mass is 313 g/mol. The van der Waals surface area contributed by atoms with Gasteiger partial charge in [0.05, 0.1) is 5.52 Å². The second-order valence-electron chi connectivity index (χ2n) is 5.37. The second-order valence-corrected chi connectivity index (χ2v) is 5.37. The lowest BCUT2D eigenvalue weighted by molar-refractivity contribution is -0.139. The molecule has 4 nitrogen and oxygen atoms in total. The van der Waals surface area contributed by atoms with E-state index in [1.165, 1.54) is 12.1 Å². The van der Waals surface area contributed by atoms with Crippen LogP contribution in [-0.4, -0.2) is 22.2 Å². The molecule has 3 rings (SSSR count). The molecule has 0 atom stereocenters. The molecule has 0 spiro atoms. The van der Waals surface area contributed by atoms with Gasteiger partial charge in [-0.05, 0) is 42.8 Å². The third-order valence-electron chi connectivity index (χ3n) is 3.72. The van der Waals surface area contributed by atoms with Crippen molar-refractivity contribution in [2.75, 3.05) is 6.61 Å². The highest BCUT2D eigenvalue weighted by molar-refractivity contribution is 5.88. The Kier molecular flexibility index (Phi) is 4.02. The molecule has 0 aliphatic heterocycles. The largest absolute Gasteiger partial charge is 0.481 e. The summed E-state index contributed by atoms with van der Waals surface area (Å²) in [4.78, 5) is 10.7. The summed E-state index contributed by atoms with van der Waals surface area (Å²) < 4.78 is 20.5. The van der Waals surface area contributed by atoms with Gasteiger partial charge in [0.2, 0.25) is 0 Å². The van der Waals surface area contributed by atoms with Crippen molar-refractivity contribution in [3.05, 3.63) is 65.6 Å². The van der Waals surface area contributed by atoms with Gasteiger partial charge in [0.1, 0.15) is 11.6 Å². The molecule has 0 aliphatic carbocycles. The number of hydrogen-bond acceptors (Lipinski definition) is 2. The summed E-state index contributed by atoms with van der Waals surface area (Å²) in [5.41, 5.74) is 2.97. The van der Waals surface area contributed by atoms with E-state index in [0.717, 1.165) is 22.2 Å². The van der Waals surface area contributed by atoms with Gasteiger partial charge in [0.25, 0.3) is 0 Å². The molecular weight excluding hydrogens is 297 g/mol. The maximum atomic E-state index is 13.0. The highest BCUT2D eigenvalue weighted by Crippen LogP contribution is 2.29. The molecule has 1 heterocycles. The Labute approximate surface area is 132 Å². The summed E-state index contributed by atoms with van der Waals surface area (Å²) in [5, 5.41) is 9.63. The zero-order chi connectivity index (χ0) is 16.4. The molecule has 118 valence electrons. The Morgan fingerprint density at radius 1 is 1.22 bits per heavy atom. The number of aromatic nitrogens is 1. The van der Waals surface area contributed by atoms with Crippen LogP contribution in [0.15, 0.2) is 48.5 Å². The number of fused-ring (bicyclic) bond motifs is 1. The summed E-state index contributed by atoms with van der Waals surface area (Å²) in [7, 11) is 0. The van der Waals surface area contributed by atoms with E-state index in [0.29, 0.717) is 12.3 Å². The maximum absolute atomic E-state index is 13.0. The van der Waals surface area contributed by atoms with Crippen LogP contribution in [0.2, 0.25) is 0 Å². The Balaban J connectivity index is 1.97. The molecule has 23 heavy (non-hydrogen) atoms. The molecule has 0 radical (unpaired) electrons. The maximum Gasteiger partial charge on any atom is 0.341 e. The summed E-state index contributed by atoms with van der Waals surface area (Å²) >= 11 is 0. The van der Waals surface area contributed by atoms with Gasteiger partial charge < -0.3 is 14.4 Å². The first-order valence-electron chi connectivity index (χ1n) is 7.22. The molecule has 1 aromatic heterocycles. The molecule has 2 aromatic carbocycles. The van der Waals surface area contributed by atoms with Gasteiger partial charge >= 0.3 is 5.97 Å². The first-order chi connectivity index (χ1) is 11.0. The van der Waals surface area contributed by atoms with Crippen molar-refractivity contribution in [1.29, 1.82) is 0 Å². The predicted octanol–water partition coefficient (Wildman–Crippen LogP) is 3.60. The summed E-state index contributed by atoms with van der Waals surface area (Å²) in [6, 6.07) is 13.9. The van der Waals surface area contributed by atoms with Crippen molar-refractivity contribution in [3.63, 3.8) is 0 Å². The average Bonchev–Trinajstić information content (AvgIpc) is 2.84. The molecule has 0 fully saturated rings.